The SMILES string of the molecule is C[C@H]1CCc2c(sc3nc(-c4cccnc4)nc(N4CCOCC4)c23)C1. The summed E-state index contributed by atoms with van der Waals surface area (Å²) in [5.74, 6) is 2.62. The lowest BCUT2D eigenvalue weighted by atomic mass is 9.89. The normalized spacial score (nSPS) is 20.3. The van der Waals surface area contributed by atoms with Crippen LogP contribution in [0.1, 0.15) is 23.8 Å². The van der Waals surface area contributed by atoms with Crippen molar-refractivity contribution in [2.45, 2.75) is 26.2 Å². The minimum atomic E-state index is 0.758. The maximum atomic E-state index is 5.56. The number of pyridine rings is 1. The summed E-state index contributed by atoms with van der Waals surface area (Å²) >= 11 is 1.86. The van der Waals surface area contributed by atoms with Crippen molar-refractivity contribution >= 4 is 27.4 Å². The molecule has 0 radical (unpaired) electrons. The Labute approximate surface area is 157 Å². The van der Waals surface area contributed by atoms with E-state index in [0.29, 0.717) is 0 Å². The average molecular weight is 366 g/mol. The first-order valence-electron chi connectivity index (χ1n) is 9.35. The van der Waals surface area contributed by atoms with E-state index in [4.69, 9.17) is 14.7 Å². The Morgan fingerprint density at radius 3 is 2.92 bits per heavy atom. The Bertz CT molecular complexity index is 934. The van der Waals surface area contributed by atoms with Crippen molar-refractivity contribution < 1.29 is 4.74 Å². The van der Waals surface area contributed by atoms with Crippen molar-refractivity contribution in [3.05, 3.63) is 35.0 Å². The average Bonchev–Trinajstić information content (AvgIpc) is 3.06. The van der Waals surface area contributed by atoms with Crippen molar-refractivity contribution in [2.24, 2.45) is 5.92 Å². The summed E-state index contributed by atoms with van der Waals surface area (Å²) in [6.07, 6.45) is 7.20. The van der Waals surface area contributed by atoms with Crippen molar-refractivity contribution in [1.29, 1.82) is 0 Å². The van der Waals surface area contributed by atoms with Crippen molar-refractivity contribution in [2.75, 3.05) is 31.2 Å². The highest BCUT2D eigenvalue weighted by atomic mass is 32.1. The number of thiophene rings is 1. The maximum absolute atomic E-state index is 5.56. The van der Waals surface area contributed by atoms with Gasteiger partial charge in [-0.25, -0.2) is 9.97 Å². The lowest BCUT2D eigenvalue weighted by molar-refractivity contribution is 0.122. The second-order valence-corrected chi connectivity index (χ2v) is 8.33. The number of aromatic nitrogens is 3. The van der Waals surface area contributed by atoms with E-state index >= 15 is 0 Å². The summed E-state index contributed by atoms with van der Waals surface area (Å²) in [5.41, 5.74) is 2.46. The monoisotopic (exact) mass is 366 g/mol. The van der Waals surface area contributed by atoms with E-state index in [1.165, 1.54) is 28.7 Å². The van der Waals surface area contributed by atoms with Gasteiger partial charge in [0.15, 0.2) is 5.82 Å². The van der Waals surface area contributed by atoms with Crippen LogP contribution < -0.4 is 4.90 Å². The molecule has 0 aromatic carbocycles. The molecule has 0 N–H and O–H groups in total. The van der Waals surface area contributed by atoms with E-state index in [2.05, 4.69) is 16.8 Å². The number of ether oxygens (including phenoxy) is 1. The highest BCUT2D eigenvalue weighted by Crippen LogP contribution is 2.42. The molecule has 134 valence electrons. The smallest absolute Gasteiger partial charge is 0.164 e. The Morgan fingerprint density at radius 1 is 1.23 bits per heavy atom. The molecule has 1 saturated heterocycles. The second-order valence-electron chi connectivity index (χ2n) is 7.24. The summed E-state index contributed by atoms with van der Waals surface area (Å²) in [7, 11) is 0. The minimum Gasteiger partial charge on any atom is -0.378 e. The van der Waals surface area contributed by atoms with Crippen LogP contribution in [0.15, 0.2) is 24.5 Å². The molecule has 0 unspecified atom stereocenters. The largest absolute Gasteiger partial charge is 0.378 e. The van der Waals surface area contributed by atoms with Gasteiger partial charge in [-0.2, -0.15) is 0 Å². The highest BCUT2D eigenvalue weighted by molar-refractivity contribution is 7.19. The van der Waals surface area contributed by atoms with Crippen LogP contribution in [0.3, 0.4) is 0 Å². The van der Waals surface area contributed by atoms with Crippen LogP contribution in [0.25, 0.3) is 21.6 Å². The molecule has 1 fully saturated rings. The van der Waals surface area contributed by atoms with Gasteiger partial charge in [-0.15, -0.1) is 11.3 Å². The molecule has 3 aromatic heterocycles. The van der Waals surface area contributed by atoms with E-state index in [1.807, 2.05) is 29.7 Å². The Hall–Kier alpha value is -2.05. The number of morpholine rings is 1. The van der Waals surface area contributed by atoms with E-state index < -0.39 is 0 Å². The zero-order valence-electron chi connectivity index (χ0n) is 14.9. The summed E-state index contributed by atoms with van der Waals surface area (Å²) in [4.78, 5) is 19.2. The van der Waals surface area contributed by atoms with Crippen LogP contribution in [0, 0.1) is 5.92 Å². The van der Waals surface area contributed by atoms with Crippen LogP contribution in [-0.2, 0) is 17.6 Å². The minimum absolute atomic E-state index is 0.758. The molecule has 0 spiro atoms. The molecule has 4 heterocycles. The lowest BCUT2D eigenvalue weighted by Crippen LogP contribution is -2.37. The Kier molecular flexibility index (Phi) is 4.10. The molecule has 0 saturated carbocycles. The number of nitrogens with zero attached hydrogens (tertiary/aromatic N) is 4. The molecule has 1 aliphatic carbocycles. The van der Waals surface area contributed by atoms with Gasteiger partial charge in [0.05, 0.1) is 18.6 Å². The molecule has 3 aromatic rings. The first-order valence-corrected chi connectivity index (χ1v) is 10.2. The van der Waals surface area contributed by atoms with Crippen molar-refractivity contribution in [3.8, 4) is 11.4 Å². The van der Waals surface area contributed by atoms with E-state index in [0.717, 1.165) is 60.7 Å². The fourth-order valence-electron chi connectivity index (χ4n) is 3.95. The van der Waals surface area contributed by atoms with Crippen molar-refractivity contribution in [3.63, 3.8) is 0 Å². The second kappa shape index (κ2) is 6.59. The van der Waals surface area contributed by atoms with Gasteiger partial charge in [0.1, 0.15) is 10.6 Å². The van der Waals surface area contributed by atoms with Crippen LogP contribution in [0.5, 0.6) is 0 Å². The van der Waals surface area contributed by atoms with E-state index in [-0.39, 0.29) is 0 Å². The van der Waals surface area contributed by atoms with Gasteiger partial charge in [-0.1, -0.05) is 6.92 Å². The molecule has 26 heavy (non-hydrogen) atoms. The Balaban J connectivity index is 1.72. The molecule has 0 bridgehead atoms. The summed E-state index contributed by atoms with van der Waals surface area (Å²) in [6.45, 7) is 5.65. The quantitative estimate of drug-likeness (QED) is 0.692. The Morgan fingerprint density at radius 2 is 2.12 bits per heavy atom. The maximum Gasteiger partial charge on any atom is 0.164 e. The highest BCUT2D eigenvalue weighted by Gasteiger charge is 2.26. The number of aryl methyl sites for hydroxylation is 1. The zero-order valence-corrected chi connectivity index (χ0v) is 15.8. The molecule has 6 heteroatoms. The fourth-order valence-corrected chi connectivity index (χ4v) is 5.33. The van der Waals surface area contributed by atoms with Crippen LogP contribution in [0.4, 0.5) is 5.82 Å². The van der Waals surface area contributed by atoms with Gasteiger partial charge in [0.2, 0.25) is 0 Å². The number of fused-ring (bicyclic) bond motifs is 3. The summed E-state index contributed by atoms with van der Waals surface area (Å²) in [6, 6.07) is 3.98. The zero-order chi connectivity index (χ0) is 17.5. The number of hydrogen-bond acceptors (Lipinski definition) is 6. The summed E-state index contributed by atoms with van der Waals surface area (Å²) in [5, 5.41) is 1.28. The molecule has 2 aliphatic rings. The fraction of sp³-hybridized carbons (Fsp3) is 0.450. The number of anilines is 1. The van der Waals surface area contributed by atoms with Gasteiger partial charge in [0.25, 0.3) is 0 Å². The molecule has 1 aliphatic heterocycles. The first-order chi connectivity index (χ1) is 12.8. The third-order valence-corrected chi connectivity index (χ3v) is 6.51. The number of rotatable bonds is 2. The molecular weight excluding hydrogens is 344 g/mol. The third-order valence-electron chi connectivity index (χ3n) is 5.37. The van der Waals surface area contributed by atoms with Gasteiger partial charge in [0, 0.05) is 35.9 Å². The predicted octanol–water partition coefficient (Wildman–Crippen LogP) is 3.71. The van der Waals surface area contributed by atoms with Crippen LogP contribution in [-0.4, -0.2) is 41.3 Å². The third kappa shape index (κ3) is 2.77. The van der Waals surface area contributed by atoms with Crippen LogP contribution in [0.2, 0.25) is 0 Å². The predicted molar refractivity (Wildman–Crippen MR) is 105 cm³/mol. The molecule has 1 atom stereocenters. The van der Waals surface area contributed by atoms with Gasteiger partial charge >= 0.3 is 0 Å². The van der Waals surface area contributed by atoms with E-state index in [1.54, 1.807) is 6.20 Å². The molecular formula is C20H22N4OS. The molecule has 5 rings (SSSR count). The van der Waals surface area contributed by atoms with Gasteiger partial charge < -0.3 is 9.64 Å². The molecule has 5 nitrogen and oxygen atoms in total. The summed E-state index contributed by atoms with van der Waals surface area (Å²) < 4.78 is 5.56. The van der Waals surface area contributed by atoms with E-state index in [9.17, 15) is 0 Å². The molecule has 0 amide bonds. The van der Waals surface area contributed by atoms with Crippen LogP contribution >= 0.6 is 11.3 Å². The van der Waals surface area contributed by atoms with Gasteiger partial charge in [-0.3, -0.25) is 4.98 Å². The van der Waals surface area contributed by atoms with Crippen molar-refractivity contribution in [1.82, 2.24) is 15.0 Å². The van der Waals surface area contributed by atoms with Gasteiger partial charge in [-0.05, 0) is 42.9 Å². The topological polar surface area (TPSA) is 51.1 Å². The number of hydrogen-bond donors (Lipinski definition) is 0. The standard InChI is InChI=1S/C20H22N4OS/c1-13-4-5-15-16(11-13)26-20-17(15)19(24-7-9-25-10-8-24)22-18(23-20)14-3-2-6-21-12-14/h2-3,6,12-13H,4-5,7-11H2,1H3/t13-/m0/s1. The first kappa shape index (κ1) is 16.1. The lowest BCUT2D eigenvalue weighted by Gasteiger charge is -2.29.